The van der Waals surface area contributed by atoms with Crippen molar-refractivity contribution in [3.63, 3.8) is 0 Å². The third kappa shape index (κ3) is 3.51. The van der Waals surface area contributed by atoms with Gasteiger partial charge in [0.1, 0.15) is 0 Å². The van der Waals surface area contributed by atoms with E-state index in [0.29, 0.717) is 26.1 Å². The van der Waals surface area contributed by atoms with Crippen LogP contribution >= 0.6 is 11.6 Å². The van der Waals surface area contributed by atoms with Crippen LogP contribution in [0.5, 0.6) is 0 Å². The summed E-state index contributed by atoms with van der Waals surface area (Å²) in [7, 11) is 0. The summed E-state index contributed by atoms with van der Waals surface area (Å²) in [6.45, 7) is 0.987. The molecule has 1 heterocycles. The maximum atomic E-state index is 13.6. The molecule has 0 radical (unpaired) electrons. The van der Waals surface area contributed by atoms with Crippen LogP contribution in [0.2, 0.25) is 5.02 Å². The smallest absolute Gasteiger partial charge is 0.311 e. The molecule has 21 heavy (non-hydrogen) atoms. The molecule has 1 aromatic carbocycles. The Morgan fingerprint density at radius 1 is 1.33 bits per heavy atom. The maximum Gasteiger partial charge on any atom is 0.311 e. The monoisotopic (exact) mass is 319 g/mol. The van der Waals surface area contributed by atoms with Crippen molar-refractivity contribution in [3.8, 4) is 0 Å². The molecule has 1 fully saturated rings. The van der Waals surface area contributed by atoms with Crippen molar-refractivity contribution in [3.05, 3.63) is 34.4 Å². The number of hydrogen-bond donors (Lipinski definition) is 2. The number of hydrogen-bond acceptors (Lipinski definition) is 3. The Labute approximate surface area is 126 Å². The molecule has 7 heteroatoms. The number of carbonyl (C=O) groups is 1. The minimum Gasteiger partial charge on any atom is -0.481 e. The lowest BCUT2D eigenvalue weighted by atomic mass is 9.80. The van der Waals surface area contributed by atoms with Crippen molar-refractivity contribution in [1.82, 2.24) is 5.32 Å². The molecule has 0 unspecified atom stereocenters. The van der Waals surface area contributed by atoms with Gasteiger partial charge in [-0.05, 0) is 18.9 Å². The first-order chi connectivity index (χ1) is 9.96. The SMILES string of the molecule is O=C(O)C1(CNCc2ccc(Cl)c(F)c2F)CCOCC1. The number of ether oxygens (including phenoxy) is 1. The van der Waals surface area contributed by atoms with E-state index >= 15 is 0 Å². The fraction of sp³-hybridized carbons (Fsp3) is 0.500. The fourth-order valence-corrected chi connectivity index (χ4v) is 2.51. The van der Waals surface area contributed by atoms with Crippen molar-refractivity contribution < 1.29 is 23.4 Å². The topological polar surface area (TPSA) is 58.6 Å². The summed E-state index contributed by atoms with van der Waals surface area (Å²) in [5, 5.41) is 12.0. The molecule has 0 spiro atoms. The summed E-state index contributed by atoms with van der Waals surface area (Å²) in [6.07, 6.45) is 0.791. The zero-order valence-electron chi connectivity index (χ0n) is 11.3. The minimum atomic E-state index is -1.09. The average Bonchev–Trinajstić information content (AvgIpc) is 2.48. The number of benzene rings is 1. The molecular formula is C14H16ClF2NO3. The van der Waals surface area contributed by atoms with Gasteiger partial charge in [0.2, 0.25) is 0 Å². The highest BCUT2D eigenvalue weighted by Gasteiger charge is 2.39. The first-order valence-corrected chi connectivity index (χ1v) is 6.98. The predicted octanol–water partition coefficient (Wildman–Crippen LogP) is 2.59. The molecule has 116 valence electrons. The Balaban J connectivity index is 2.00. The second kappa shape index (κ2) is 6.68. The van der Waals surface area contributed by atoms with Gasteiger partial charge >= 0.3 is 5.97 Å². The van der Waals surface area contributed by atoms with E-state index in [0.717, 1.165) is 0 Å². The van der Waals surface area contributed by atoms with Crippen LogP contribution in [-0.2, 0) is 16.1 Å². The Morgan fingerprint density at radius 2 is 2.00 bits per heavy atom. The summed E-state index contributed by atoms with van der Waals surface area (Å²) >= 11 is 5.48. The molecule has 4 nitrogen and oxygen atoms in total. The Morgan fingerprint density at radius 3 is 2.62 bits per heavy atom. The molecular weight excluding hydrogens is 304 g/mol. The van der Waals surface area contributed by atoms with Crippen LogP contribution in [0.25, 0.3) is 0 Å². The van der Waals surface area contributed by atoms with Gasteiger partial charge in [-0.1, -0.05) is 17.7 Å². The second-order valence-electron chi connectivity index (χ2n) is 5.14. The van der Waals surface area contributed by atoms with Gasteiger partial charge in [0.25, 0.3) is 0 Å². The van der Waals surface area contributed by atoms with E-state index in [9.17, 15) is 18.7 Å². The normalized spacial score (nSPS) is 17.7. The zero-order valence-corrected chi connectivity index (χ0v) is 12.1. The van der Waals surface area contributed by atoms with Gasteiger partial charge in [-0.25, -0.2) is 8.78 Å². The van der Waals surface area contributed by atoms with Gasteiger partial charge in [0.05, 0.1) is 10.4 Å². The van der Waals surface area contributed by atoms with Crippen LogP contribution in [0.1, 0.15) is 18.4 Å². The molecule has 1 aliphatic rings. The van der Waals surface area contributed by atoms with Crippen LogP contribution in [-0.4, -0.2) is 30.8 Å². The molecule has 0 amide bonds. The van der Waals surface area contributed by atoms with Crippen molar-refractivity contribution >= 4 is 17.6 Å². The van der Waals surface area contributed by atoms with E-state index in [-0.39, 0.29) is 23.7 Å². The number of aliphatic carboxylic acids is 1. The van der Waals surface area contributed by atoms with E-state index in [1.54, 1.807) is 0 Å². The Bertz CT molecular complexity index is 533. The molecule has 0 atom stereocenters. The minimum absolute atomic E-state index is 0.0375. The van der Waals surface area contributed by atoms with Gasteiger partial charge < -0.3 is 15.2 Å². The largest absolute Gasteiger partial charge is 0.481 e. The molecule has 1 aliphatic heterocycles. The van der Waals surface area contributed by atoms with Crippen LogP contribution in [0.3, 0.4) is 0 Å². The molecule has 0 saturated carbocycles. The molecule has 0 bridgehead atoms. The number of carboxylic acid groups (broad SMARTS) is 1. The highest BCUT2D eigenvalue weighted by Crippen LogP contribution is 2.30. The third-order valence-electron chi connectivity index (χ3n) is 3.80. The highest BCUT2D eigenvalue weighted by atomic mass is 35.5. The van der Waals surface area contributed by atoms with Gasteiger partial charge in [0.15, 0.2) is 11.6 Å². The van der Waals surface area contributed by atoms with Crippen LogP contribution < -0.4 is 5.32 Å². The lowest BCUT2D eigenvalue weighted by molar-refractivity contribution is -0.154. The number of carboxylic acids is 1. The number of rotatable bonds is 5. The predicted molar refractivity (Wildman–Crippen MR) is 73.2 cm³/mol. The lowest BCUT2D eigenvalue weighted by Gasteiger charge is -2.33. The highest BCUT2D eigenvalue weighted by molar-refractivity contribution is 6.30. The van der Waals surface area contributed by atoms with Crippen molar-refractivity contribution in [1.29, 1.82) is 0 Å². The first kappa shape index (κ1) is 16.1. The molecule has 1 saturated heterocycles. The van der Waals surface area contributed by atoms with Crippen LogP contribution in [0.4, 0.5) is 8.78 Å². The Kier molecular flexibility index (Phi) is 5.13. The van der Waals surface area contributed by atoms with E-state index in [2.05, 4.69) is 5.32 Å². The van der Waals surface area contributed by atoms with Crippen LogP contribution in [0, 0.1) is 17.0 Å². The summed E-state index contributed by atoms with van der Waals surface area (Å²) in [5.74, 6) is -3.00. The van der Waals surface area contributed by atoms with Gasteiger partial charge in [-0.15, -0.1) is 0 Å². The summed E-state index contributed by atoms with van der Waals surface area (Å²) in [6, 6.07) is 2.66. The molecule has 0 aliphatic carbocycles. The van der Waals surface area contributed by atoms with E-state index < -0.39 is 23.0 Å². The Hall–Kier alpha value is -1.24. The second-order valence-corrected chi connectivity index (χ2v) is 5.54. The van der Waals surface area contributed by atoms with E-state index in [4.69, 9.17) is 16.3 Å². The maximum absolute atomic E-state index is 13.6. The molecule has 2 rings (SSSR count). The molecule has 0 aromatic heterocycles. The van der Waals surface area contributed by atoms with Crippen molar-refractivity contribution in [2.24, 2.45) is 5.41 Å². The first-order valence-electron chi connectivity index (χ1n) is 6.60. The summed E-state index contributed by atoms with van der Waals surface area (Å²) < 4.78 is 32.1. The third-order valence-corrected chi connectivity index (χ3v) is 4.09. The van der Waals surface area contributed by atoms with Crippen molar-refractivity contribution in [2.75, 3.05) is 19.8 Å². The quantitative estimate of drug-likeness (QED) is 0.819. The van der Waals surface area contributed by atoms with Gasteiger partial charge in [0, 0.05) is 31.9 Å². The fourth-order valence-electron chi connectivity index (χ4n) is 2.37. The average molecular weight is 320 g/mol. The van der Waals surface area contributed by atoms with Crippen LogP contribution in [0.15, 0.2) is 12.1 Å². The van der Waals surface area contributed by atoms with Gasteiger partial charge in [-0.3, -0.25) is 4.79 Å². The van der Waals surface area contributed by atoms with Gasteiger partial charge in [-0.2, -0.15) is 0 Å². The lowest BCUT2D eigenvalue weighted by Crippen LogP contribution is -2.45. The number of halogens is 3. The summed E-state index contributed by atoms with van der Waals surface area (Å²) in [5.41, 5.74) is -0.802. The number of nitrogens with one attached hydrogen (secondary N) is 1. The molecule has 2 N–H and O–H groups in total. The summed E-state index contributed by atoms with van der Waals surface area (Å²) in [4.78, 5) is 11.4. The molecule has 1 aromatic rings. The van der Waals surface area contributed by atoms with E-state index in [1.165, 1.54) is 12.1 Å². The van der Waals surface area contributed by atoms with Crippen molar-refractivity contribution in [2.45, 2.75) is 19.4 Å². The zero-order chi connectivity index (χ0) is 15.5. The van der Waals surface area contributed by atoms with E-state index in [1.807, 2.05) is 0 Å². The standard InChI is InChI=1S/C14H16ClF2NO3/c15-10-2-1-9(11(16)12(10)17)7-18-8-14(13(19)20)3-5-21-6-4-14/h1-2,18H,3-8H2,(H,19,20).